The predicted octanol–water partition coefficient (Wildman–Crippen LogP) is 2.92. The van der Waals surface area contributed by atoms with Gasteiger partial charge < -0.3 is 4.74 Å². The molecule has 1 rings (SSSR count). The van der Waals surface area contributed by atoms with E-state index < -0.39 is 0 Å². The largest absolute Gasteiger partial charge is 0.461 e. The van der Waals surface area contributed by atoms with Crippen molar-refractivity contribution in [3.63, 3.8) is 0 Å². The lowest BCUT2D eigenvalue weighted by molar-refractivity contribution is -0.149. The Morgan fingerprint density at radius 3 is 2.53 bits per heavy atom. The predicted molar refractivity (Wildman–Crippen MR) is 55.7 cm³/mol. The van der Waals surface area contributed by atoms with E-state index in [0.717, 1.165) is 12.0 Å². The van der Waals surface area contributed by atoms with Crippen molar-refractivity contribution in [2.75, 3.05) is 0 Å². The van der Waals surface area contributed by atoms with Crippen molar-refractivity contribution in [1.82, 2.24) is 0 Å². The molecular formula is C12H15FO2. The Bertz CT molecular complexity index is 319. The second kappa shape index (κ2) is 5.49. The molecule has 0 N–H and O–H groups in total. The molecule has 0 spiro atoms. The van der Waals surface area contributed by atoms with Gasteiger partial charge in [-0.15, -0.1) is 0 Å². The second-order valence-electron chi connectivity index (χ2n) is 3.54. The van der Waals surface area contributed by atoms with Gasteiger partial charge in [-0.25, -0.2) is 4.39 Å². The summed E-state index contributed by atoms with van der Waals surface area (Å²) in [5, 5.41) is 0. The zero-order valence-electron chi connectivity index (χ0n) is 9.00. The monoisotopic (exact) mass is 210 g/mol. The summed E-state index contributed by atoms with van der Waals surface area (Å²) >= 11 is 0. The average Bonchev–Trinajstić information content (AvgIpc) is 2.26. The molecule has 0 bridgehead atoms. The summed E-state index contributed by atoms with van der Waals surface area (Å²) in [6.07, 6.45) is 0.766. The highest BCUT2D eigenvalue weighted by Gasteiger charge is 2.11. The van der Waals surface area contributed by atoms with E-state index in [-0.39, 0.29) is 24.3 Å². The van der Waals surface area contributed by atoms with Crippen LogP contribution >= 0.6 is 0 Å². The highest BCUT2D eigenvalue weighted by Crippen LogP contribution is 2.08. The molecule has 15 heavy (non-hydrogen) atoms. The topological polar surface area (TPSA) is 26.3 Å². The molecule has 1 unspecified atom stereocenters. The van der Waals surface area contributed by atoms with Crippen LogP contribution in [0.15, 0.2) is 24.3 Å². The molecule has 0 radical (unpaired) electrons. The summed E-state index contributed by atoms with van der Waals surface area (Å²) in [7, 11) is 0. The van der Waals surface area contributed by atoms with Crippen LogP contribution < -0.4 is 0 Å². The van der Waals surface area contributed by atoms with Gasteiger partial charge in [0.2, 0.25) is 0 Å². The van der Waals surface area contributed by atoms with E-state index in [4.69, 9.17) is 4.74 Å². The Morgan fingerprint density at radius 2 is 2.00 bits per heavy atom. The van der Waals surface area contributed by atoms with Gasteiger partial charge in [0.05, 0.1) is 5.92 Å². The Hall–Kier alpha value is -1.38. The summed E-state index contributed by atoms with van der Waals surface area (Å²) in [5.74, 6) is -0.570. The number of ether oxygens (including phenoxy) is 1. The maximum Gasteiger partial charge on any atom is 0.308 e. The fourth-order valence-corrected chi connectivity index (χ4v) is 1.04. The van der Waals surface area contributed by atoms with E-state index in [1.165, 1.54) is 12.1 Å². The van der Waals surface area contributed by atoms with Crippen LogP contribution in [0.5, 0.6) is 0 Å². The summed E-state index contributed by atoms with van der Waals surface area (Å²) in [6.45, 7) is 3.97. The molecule has 0 aliphatic carbocycles. The molecule has 1 aromatic carbocycles. The maximum atomic E-state index is 12.6. The first-order valence-corrected chi connectivity index (χ1v) is 5.04. The van der Waals surface area contributed by atoms with Crippen LogP contribution in [-0.2, 0) is 16.1 Å². The first-order valence-electron chi connectivity index (χ1n) is 5.04. The summed E-state index contributed by atoms with van der Waals surface area (Å²) in [5.41, 5.74) is 0.799. The van der Waals surface area contributed by atoms with Crippen LogP contribution in [0.3, 0.4) is 0 Å². The van der Waals surface area contributed by atoms with E-state index in [0.29, 0.717) is 0 Å². The van der Waals surface area contributed by atoms with Gasteiger partial charge in [-0.3, -0.25) is 4.79 Å². The lowest BCUT2D eigenvalue weighted by Crippen LogP contribution is -2.13. The number of hydrogen-bond acceptors (Lipinski definition) is 2. The van der Waals surface area contributed by atoms with Crippen LogP contribution in [-0.4, -0.2) is 5.97 Å². The molecule has 0 aliphatic rings. The third kappa shape index (κ3) is 3.70. The van der Waals surface area contributed by atoms with Gasteiger partial charge in [-0.05, 0) is 24.1 Å². The Balaban J connectivity index is 2.43. The smallest absolute Gasteiger partial charge is 0.308 e. The maximum absolute atomic E-state index is 12.6. The van der Waals surface area contributed by atoms with Crippen molar-refractivity contribution < 1.29 is 13.9 Å². The third-order valence-corrected chi connectivity index (χ3v) is 2.31. The molecule has 1 atom stereocenters. The molecule has 3 heteroatoms. The number of rotatable bonds is 4. The van der Waals surface area contributed by atoms with E-state index in [1.807, 2.05) is 13.8 Å². The number of carbonyl (C=O) groups is 1. The summed E-state index contributed by atoms with van der Waals surface area (Å²) in [6, 6.07) is 5.93. The van der Waals surface area contributed by atoms with Crippen molar-refractivity contribution in [2.24, 2.45) is 5.92 Å². The number of halogens is 1. The van der Waals surface area contributed by atoms with Crippen LogP contribution in [0.2, 0.25) is 0 Å². The molecule has 0 aromatic heterocycles. The van der Waals surface area contributed by atoms with E-state index in [9.17, 15) is 9.18 Å². The number of carbonyl (C=O) groups excluding carboxylic acids is 1. The van der Waals surface area contributed by atoms with Gasteiger partial charge in [0.1, 0.15) is 12.4 Å². The van der Waals surface area contributed by atoms with Gasteiger partial charge in [0.25, 0.3) is 0 Å². The van der Waals surface area contributed by atoms with Crippen molar-refractivity contribution in [1.29, 1.82) is 0 Å². The molecule has 1 aromatic rings. The fourth-order valence-electron chi connectivity index (χ4n) is 1.04. The van der Waals surface area contributed by atoms with Crippen LogP contribution in [0.25, 0.3) is 0 Å². The molecule has 0 amide bonds. The molecular weight excluding hydrogens is 195 g/mol. The van der Waals surface area contributed by atoms with Crippen LogP contribution in [0, 0.1) is 11.7 Å². The van der Waals surface area contributed by atoms with Crippen molar-refractivity contribution in [2.45, 2.75) is 26.9 Å². The van der Waals surface area contributed by atoms with Gasteiger partial charge in [-0.2, -0.15) is 0 Å². The quantitative estimate of drug-likeness (QED) is 0.714. The summed E-state index contributed by atoms with van der Waals surface area (Å²) in [4.78, 5) is 11.3. The lowest BCUT2D eigenvalue weighted by Gasteiger charge is -2.08. The standard InChI is InChI=1S/C12H15FO2/c1-3-9(2)12(14)15-8-10-4-6-11(13)7-5-10/h4-7,9H,3,8H2,1-2H3. The summed E-state index contributed by atoms with van der Waals surface area (Å²) < 4.78 is 17.6. The zero-order valence-corrected chi connectivity index (χ0v) is 9.00. The Labute approximate surface area is 89.1 Å². The molecule has 2 nitrogen and oxygen atoms in total. The van der Waals surface area contributed by atoms with E-state index >= 15 is 0 Å². The molecule has 0 fully saturated rings. The van der Waals surface area contributed by atoms with Gasteiger partial charge in [0, 0.05) is 0 Å². The first-order chi connectivity index (χ1) is 7.13. The minimum atomic E-state index is -0.285. The van der Waals surface area contributed by atoms with E-state index in [2.05, 4.69) is 0 Å². The highest BCUT2D eigenvalue weighted by atomic mass is 19.1. The third-order valence-electron chi connectivity index (χ3n) is 2.31. The Morgan fingerprint density at radius 1 is 1.40 bits per heavy atom. The molecule has 82 valence electrons. The number of benzene rings is 1. The van der Waals surface area contributed by atoms with E-state index in [1.54, 1.807) is 12.1 Å². The fraction of sp³-hybridized carbons (Fsp3) is 0.417. The minimum Gasteiger partial charge on any atom is -0.461 e. The molecule has 0 aliphatic heterocycles. The van der Waals surface area contributed by atoms with Crippen molar-refractivity contribution in [3.8, 4) is 0 Å². The first kappa shape index (κ1) is 11.7. The van der Waals surface area contributed by atoms with Crippen molar-refractivity contribution in [3.05, 3.63) is 35.6 Å². The van der Waals surface area contributed by atoms with Gasteiger partial charge in [-0.1, -0.05) is 26.0 Å². The Kier molecular flexibility index (Phi) is 4.28. The van der Waals surface area contributed by atoms with Gasteiger partial charge >= 0.3 is 5.97 Å². The van der Waals surface area contributed by atoms with Crippen LogP contribution in [0.4, 0.5) is 4.39 Å². The second-order valence-corrected chi connectivity index (χ2v) is 3.54. The SMILES string of the molecule is CCC(C)C(=O)OCc1ccc(F)cc1. The molecule has 0 saturated carbocycles. The normalized spacial score (nSPS) is 12.2. The molecule has 0 saturated heterocycles. The number of esters is 1. The number of hydrogen-bond donors (Lipinski definition) is 0. The zero-order chi connectivity index (χ0) is 11.3. The lowest BCUT2D eigenvalue weighted by atomic mass is 10.1. The van der Waals surface area contributed by atoms with Crippen molar-refractivity contribution >= 4 is 5.97 Å². The van der Waals surface area contributed by atoms with Gasteiger partial charge in [0.15, 0.2) is 0 Å². The molecule has 0 heterocycles. The van der Waals surface area contributed by atoms with Crippen LogP contribution in [0.1, 0.15) is 25.8 Å². The highest BCUT2D eigenvalue weighted by molar-refractivity contribution is 5.71. The minimum absolute atomic E-state index is 0.0783. The average molecular weight is 210 g/mol.